The van der Waals surface area contributed by atoms with Crippen LogP contribution in [0, 0.1) is 0 Å². The molecule has 4 rings (SSSR count). The van der Waals surface area contributed by atoms with Crippen LogP contribution in [0.5, 0.6) is 5.75 Å². The van der Waals surface area contributed by atoms with E-state index in [-0.39, 0.29) is 11.8 Å². The lowest BCUT2D eigenvalue weighted by molar-refractivity contribution is -0.127. The second-order valence-corrected chi connectivity index (χ2v) is 7.03. The van der Waals surface area contributed by atoms with E-state index in [4.69, 9.17) is 9.26 Å². The van der Waals surface area contributed by atoms with Gasteiger partial charge in [0.25, 0.3) is 0 Å². The molecule has 0 atom stereocenters. The first-order chi connectivity index (χ1) is 14.2. The predicted molar refractivity (Wildman–Crippen MR) is 110 cm³/mol. The van der Waals surface area contributed by atoms with Crippen molar-refractivity contribution in [3.8, 4) is 17.1 Å². The number of rotatable bonds is 5. The number of hydrogen-bond donors (Lipinski definition) is 0. The van der Waals surface area contributed by atoms with Crippen molar-refractivity contribution in [2.75, 3.05) is 20.2 Å². The molecular formula is C23H23N3O3. The van der Waals surface area contributed by atoms with Gasteiger partial charge in [-0.25, -0.2) is 0 Å². The summed E-state index contributed by atoms with van der Waals surface area (Å²) in [5.74, 6) is 2.22. The van der Waals surface area contributed by atoms with Gasteiger partial charge in [0.2, 0.25) is 17.6 Å². The monoisotopic (exact) mass is 389 g/mol. The number of carbonyl (C=O) groups excluding carboxylic acids is 1. The zero-order chi connectivity index (χ0) is 20.1. The van der Waals surface area contributed by atoms with Crippen LogP contribution in [0.3, 0.4) is 0 Å². The Labute approximate surface area is 169 Å². The average Bonchev–Trinajstić information content (AvgIpc) is 3.29. The Kier molecular flexibility index (Phi) is 5.70. The van der Waals surface area contributed by atoms with Crippen molar-refractivity contribution in [3.63, 3.8) is 0 Å². The topological polar surface area (TPSA) is 68.5 Å². The maximum absolute atomic E-state index is 12.4. The Morgan fingerprint density at radius 3 is 2.52 bits per heavy atom. The van der Waals surface area contributed by atoms with Crippen LogP contribution in [0.1, 0.15) is 30.2 Å². The highest BCUT2D eigenvalue weighted by atomic mass is 16.5. The maximum Gasteiger partial charge on any atom is 0.246 e. The third-order valence-corrected chi connectivity index (χ3v) is 5.16. The van der Waals surface area contributed by atoms with Gasteiger partial charge >= 0.3 is 0 Å². The number of methoxy groups -OCH3 is 1. The minimum Gasteiger partial charge on any atom is -0.497 e. The van der Waals surface area contributed by atoms with Crippen LogP contribution in [0.2, 0.25) is 0 Å². The van der Waals surface area contributed by atoms with Gasteiger partial charge in [-0.2, -0.15) is 4.98 Å². The molecule has 29 heavy (non-hydrogen) atoms. The molecule has 3 aromatic rings. The number of carbonyl (C=O) groups is 1. The normalized spacial score (nSPS) is 15.0. The predicted octanol–water partition coefficient (Wildman–Crippen LogP) is 4.16. The van der Waals surface area contributed by atoms with Crippen LogP contribution in [0.25, 0.3) is 17.5 Å². The van der Waals surface area contributed by atoms with E-state index in [1.54, 1.807) is 13.2 Å². The van der Waals surface area contributed by atoms with Gasteiger partial charge in [0.15, 0.2) is 0 Å². The van der Waals surface area contributed by atoms with Crippen LogP contribution in [-0.4, -0.2) is 41.1 Å². The number of ether oxygens (including phenoxy) is 1. The average molecular weight is 389 g/mol. The largest absolute Gasteiger partial charge is 0.497 e. The molecule has 0 bridgehead atoms. The fourth-order valence-corrected chi connectivity index (χ4v) is 3.44. The van der Waals surface area contributed by atoms with Gasteiger partial charge < -0.3 is 14.2 Å². The first-order valence-electron chi connectivity index (χ1n) is 9.73. The molecule has 0 unspecified atom stereocenters. The summed E-state index contributed by atoms with van der Waals surface area (Å²) in [4.78, 5) is 18.9. The highest BCUT2D eigenvalue weighted by Gasteiger charge is 2.27. The molecule has 1 aliphatic rings. The summed E-state index contributed by atoms with van der Waals surface area (Å²) in [6.07, 6.45) is 5.13. The second kappa shape index (κ2) is 8.73. The summed E-state index contributed by atoms with van der Waals surface area (Å²) < 4.78 is 10.7. The molecular weight excluding hydrogens is 366 g/mol. The van der Waals surface area contributed by atoms with Gasteiger partial charge in [0.1, 0.15) is 5.75 Å². The van der Waals surface area contributed by atoms with E-state index >= 15 is 0 Å². The molecule has 148 valence electrons. The summed E-state index contributed by atoms with van der Waals surface area (Å²) in [5.41, 5.74) is 1.91. The van der Waals surface area contributed by atoms with Crippen molar-refractivity contribution in [2.45, 2.75) is 18.8 Å². The Balaban J connectivity index is 1.34. The highest BCUT2D eigenvalue weighted by Crippen LogP contribution is 2.29. The van der Waals surface area contributed by atoms with Gasteiger partial charge in [-0.1, -0.05) is 35.5 Å². The van der Waals surface area contributed by atoms with Crippen LogP contribution in [-0.2, 0) is 4.79 Å². The highest BCUT2D eigenvalue weighted by molar-refractivity contribution is 5.91. The van der Waals surface area contributed by atoms with Gasteiger partial charge in [-0.05, 0) is 48.7 Å². The maximum atomic E-state index is 12.4. The molecule has 2 aromatic carbocycles. The van der Waals surface area contributed by atoms with E-state index < -0.39 is 0 Å². The van der Waals surface area contributed by atoms with Gasteiger partial charge in [0, 0.05) is 30.6 Å². The van der Waals surface area contributed by atoms with E-state index in [2.05, 4.69) is 10.1 Å². The molecule has 0 spiro atoms. The summed E-state index contributed by atoms with van der Waals surface area (Å²) in [6.45, 7) is 1.37. The van der Waals surface area contributed by atoms with E-state index in [1.165, 1.54) is 0 Å². The first-order valence-corrected chi connectivity index (χ1v) is 9.73. The Morgan fingerprint density at radius 2 is 1.83 bits per heavy atom. The summed E-state index contributed by atoms with van der Waals surface area (Å²) in [5, 5.41) is 4.12. The Bertz CT molecular complexity index is 972. The summed E-state index contributed by atoms with van der Waals surface area (Å²) in [6, 6.07) is 17.4. The number of hydrogen-bond acceptors (Lipinski definition) is 5. The minimum atomic E-state index is 0.0387. The molecule has 1 amide bonds. The SMILES string of the molecule is COc1ccc(-c2noc(C3CCN(C(=O)C=Cc4ccccc4)CC3)n2)cc1. The minimum absolute atomic E-state index is 0.0387. The van der Waals surface area contributed by atoms with Crippen molar-refractivity contribution >= 4 is 12.0 Å². The first kappa shape index (κ1) is 18.9. The molecule has 6 nitrogen and oxygen atoms in total. The standard InChI is InChI=1S/C23H23N3O3/c1-28-20-10-8-18(9-11-20)22-24-23(29-25-22)19-13-15-26(16-14-19)21(27)12-7-17-5-3-2-4-6-17/h2-12,19H,13-16H2,1H3. The Morgan fingerprint density at radius 1 is 1.10 bits per heavy atom. The van der Waals surface area contributed by atoms with Crippen molar-refractivity contribution in [1.29, 1.82) is 0 Å². The smallest absolute Gasteiger partial charge is 0.246 e. The molecule has 0 aliphatic carbocycles. The lowest BCUT2D eigenvalue weighted by Gasteiger charge is -2.29. The second-order valence-electron chi connectivity index (χ2n) is 7.03. The summed E-state index contributed by atoms with van der Waals surface area (Å²) >= 11 is 0. The molecule has 1 saturated heterocycles. The van der Waals surface area contributed by atoms with Crippen LogP contribution < -0.4 is 4.74 Å². The fourth-order valence-electron chi connectivity index (χ4n) is 3.44. The zero-order valence-corrected chi connectivity index (χ0v) is 16.3. The van der Waals surface area contributed by atoms with Crippen LogP contribution >= 0.6 is 0 Å². The third-order valence-electron chi connectivity index (χ3n) is 5.16. The van der Waals surface area contributed by atoms with E-state index in [0.29, 0.717) is 24.8 Å². The van der Waals surface area contributed by atoms with Gasteiger partial charge in [-0.3, -0.25) is 4.79 Å². The molecule has 2 heterocycles. The lowest BCUT2D eigenvalue weighted by Crippen LogP contribution is -2.36. The quantitative estimate of drug-likeness (QED) is 0.613. The van der Waals surface area contributed by atoms with Gasteiger partial charge in [0.05, 0.1) is 7.11 Å². The molecule has 6 heteroatoms. The van der Waals surface area contributed by atoms with Crippen LogP contribution in [0.4, 0.5) is 0 Å². The Hall–Kier alpha value is -3.41. The zero-order valence-electron chi connectivity index (χ0n) is 16.3. The molecule has 1 aliphatic heterocycles. The summed E-state index contributed by atoms with van der Waals surface area (Å²) in [7, 11) is 1.63. The molecule has 1 fully saturated rings. The lowest BCUT2D eigenvalue weighted by atomic mass is 9.96. The molecule has 1 aromatic heterocycles. The van der Waals surface area contributed by atoms with Crippen molar-refractivity contribution in [1.82, 2.24) is 15.0 Å². The number of nitrogens with zero attached hydrogens (tertiary/aromatic N) is 3. The molecule has 0 radical (unpaired) electrons. The van der Waals surface area contributed by atoms with E-state index in [1.807, 2.05) is 65.6 Å². The number of benzene rings is 2. The number of piperidine rings is 1. The third kappa shape index (κ3) is 4.54. The fraction of sp³-hybridized carbons (Fsp3) is 0.261. The van der Waals surface area contributed by atoms with Crippen molar-refractivity contribution in [2.24, 2.45) is 0 Å². The number of likely N-dealkylation sites (tertiary alicyclic amines) is 1. The van der Waals surface area contributed by atoms with E-state index in [9.17, 15) is 4.79 Å². The number of aromatic nitrogens is 2. The van der Waals surface area contributed by atoms with Crippen molar-refractivity contribution in [3.05, 3.63) is 72.1 Å². The van der Waals surface area contributed by atoms with Crippen LogP contribution in [0.15, 0.2) is 65.2 Å². The number of amides is 1. The van der Waals surface area contributed by atoms with Crippen molar-refractivity contribution < 1.29 is 14.1 Å². The van der Waals surface area contributed by atoms with Gasteiger partial charge in [-0.15, -0.1) is 0 Å². The molecule has 0 saturated carbocycles. The molecule has 0 N–H and O–H groups in total. The van der Waals surface area contributed by atoms with E-state index in [0.717, 1.165) is 29.7 Å².